The normalized spacial score (nSPS) is 16.7. The highest BCUT2D eigenvalue weighted by Gasteiger charge is 2.20. The number of ether oxygens (including phenoxy) is 1. The molecule has 0 radical (unpaired) electrons. The van der Waals surface area contributed by atoms with Crippen molar-refractivity contribution in [2.75, 3.05) is 5.73 Å². The largest absolute Gasteiger partial charge is 0.473 e. The van der Waals surface area contributed by atoms with Gasteiger partial charge >= 0.3 is 0 Å². The van der Waals surface area contributed by atoms with Crippen LogP contribution in [-0.2, 0) is 0 Å². The lowest BCUT2D eigenvalue weighted by Crippen LogP contribution is -2.25. The van der Waals surface area contributed by atoms with Crippen LogP contribution in [0.5, 0.6) is 5.88 Å². The van der Waals surface area contributed by atoms with Crippen LogP contribution in [0.3, 0.4) is 0 Å². The van der Waals surface area contributed by atoms with E-state index in [1.54, 1.807) is 6.20 Å². The van der Waals surface area contributed by atoms with Crippen LogP contribution in [-0.4, -0.2) is 16.1 Å². The zero-order chi connectivity index (χ0) is 9.26. The van der Waals surface area contributed by atoms with E-state index in [0.29, 0.717) is 12.0 Å². The minimum Gasteiger partial charge on any atom is -0.473 e. The summed E-state index contributed by atoms with van der Waals surface area (Å²) in [6.45, 7) is 0. The Balaban J connectivity index is 2.13. The first-order valence-corrected chi connectivity index (χ1v) is 5.28. The van der Waals surface area contributed by atoms with Crippen LogP contribution in [0.25, 0.3) is 0 Å². The first-order chi connectivity index (χ1) is 6.25. The second-order valence-electron chi connectivity index (χ2n) is 3.05. The fraction of sp³-hybridized carbons (Fsp3) is 0.500. The molecule has 0 aromatic carbocycles. The van der Waals surface area contributed by atoms with Gasteiger partial charge in [-0.15, -0.1) is 0 Å². The molecule has 13 heavy (non-hydrogen) atoms. The Morgan fingerprint density at radius 1 is 1.54 bits per heavy atom. The summed E-state index contributed by atoms with van der Waals surface area (Å²) in [6.07, 6.45) is 5.52. The highest BCUT2D eigenvalue weighted by Crippen LogP contribution is 2.26. The fourth-order valence-corrected chi connectivity index (χ4v) is 1.48. The van der Waals surface area contributed by atoms with Gasteiger partial charge in [-0.1, -0.05) is 0 Å². The highest BCUT2D eigenvalue weighted by atomic mass is 127. The van der Waals surface area contributed by atoms with Crippen molar-refractivity contribution in [2.45, 2.75) is 25.4 Å². The van der Waals surface area contributed by atoms with Crippen LogP contribution < -0.4 is 10.5 Å². The van der Waals surface area contributed by atoms with Crippen molar-refractivity contribution in [1.29, 1.82) is 0 Å². The Hall–Kier alpha value is -0.590. The SMILES string of the molecule is Nc1ncc(I)c(OC2CCC2)n1. The molecule has 1 saturated carbocycles. The molecule has 1 aromatic heterocycles. The van der Waals surface area contributed by atoms with Gasteiger partial charge in [0.05, 0.1) is 3.57 Å². The van der Waals surface area contributed by atoms with Crippen molar-refractivity contribution in [3.8, 4) is 5.88 Å². The molecule has 4 nitrogen and oxygen atoms in total. The maximum Gasteiger partial charge on any atom is 0.232 e. The number of nitrogens with two attached hydrogens (primary N) is 1. The number of rotatable bonds is 2. The van der Waals surface area contributed by atoms with E-state index < -0.39 is 0 Å². The van der Waals surface area contributed by atoms with E-state index in [9.17, 15) is 0 Å². The summed E-state index contributed by atoms with van der Waals surface area (Å²) in [5.41, 5.74) is 5.46. The summed E-state index contributed by atoms with van der Waals surface area (Å²) in [6, 6.07) is 0. The molecule has 0 unspecified atom stereocenters. The number of hydrogen-bond donors (Lipinski definition) is 1. The number of aromatic nitrogens is 2. The predicted molar refractivity (Wildman–Crippen MR) is 57.4 cm³/mol. The van der Waals surface area contributed by atoms with Gasteiger partial charge in [0.2, 0.25) is 11.8 Å². The summed E-state index contributed by atoms with van der Waals surface area (Å²) in [5, 5.41) is 0. The molecule has 70 valence electrons. The Morgan fingerprint density at radius 2 is 2.31 bits per heavy atom. The minimum atomic E-state index is 0.273. The zero-order valence-corrected chi connectivity index (χ0v) is 9.19. The molecule has 1 aliphatic carbocycles. The second kappa shape index (κ2) is 3.65. The quantitative estimate of drug-likeness (QED) is 0.841. The average molecular weight is 291 g/mol. The molecule has 0 amide bonds. The smallest absolute Gasteiger partial charge is 0.232 e. The molecule has 0 aliphatic heterocycles. The molecule has 0 atom stereocenters. The van der Waals surface area contributed by atoms with E-state index in [0.717, 1.165) is 16.4 Å². The van der Waals surface area contributed by atoms with Gasteiger partial charge in [-0.25, -0.2) is 4.98 Å². The lowest BCUT2D eigenvalue weighted by Gasteiger charge is -2.25. The van der Waals surface area contributed by atoms with E-state index in [-0.39, 0.29) is 5.95 Å². The summed E-state index contributed by atoms with van der Waals surface area (Å²) in [7, 11) is 0. The van der Waals surface area contributed by atoms with E-state index in [1.807, 2.05) is 0 Å². The van der Waals surface area contributed by atoms with Gasteiger partial charge in [0.15, 0.2) is 0 Å². The minimum absolute atomic E-state index is 0.273. The summed E-state index contributed by atoms with van der Waals surface area (Å²) in [4.78, 5) is 7.90. The van der Waals surface area contributed by atoms with Crippen molar-refractivity contribution in [2.24, 2.45) is 0 Å². The van der Waals surface area contributed by atoms with E-state index in [2.05, 4.69) is 32.6 Å². The molecule has 2 rings (SSSR count). The van der Waals surface area contributed by atoms with Crippen molar-refractivity contribution in [3.63, 3.8) is 0 Å². The fourth-order valence-electron chi connectivity index (χ4n) is 1.09. The van der Waals surface area contributed by atoms with Crippen molar-refractivity contribution in [1.82, 2.24) is 9.97 Å². The molecule has 1 heterocycles. The molecule has 0 saturated heterocycles. The van der Waals surface area contributed by atoms with Gasteiger partial charge in [-0.05, 0) is 41.9 Å². The van der Waals surface area contributed by atoms with Gasteiger partial charge < -0.3 is 10.5 Å². The van der Waals surface area contributed by atoms with E-state index in [1.165, 1.54) is 6.42 Å². The molecule has 1 aliphatic rings. The number of halogens is 1. The first kappa shape index (κ1) is 8.98. The van der Waals surface area contributed by atoms with Crippen molar-refractivity contribution >= 4 is 28.5 Å². The summed E-state index contributed by atoms with van der Waals surface area (Å²) in [5.74, 6) is 0.896. The van der Waals surface area contributed by atoms with Crippen LogP contribution in [0.1, 0.15) is 19.3 Å². The summed E-state index contributed by atoms with van der Waals surface area (Å²) >= 11 is 2.15. The van der Waals surface area contributed by atoms with Crippen LogP contribution in [0.15, 0.2) is 6.20 Å². The molecule has 5 heteroatoms. The molecule has 0 spiro atoms. The predicted octanol–water partition coefficient (Wildman–Crippen LogP) is 1.59. The Morgan fingerprint density at radius 3 is 2.92 bits per heavy atom. The van der Waals surface area contributed by atoms with Crippen LogP contribution in [0, 0.1) is 3.57 Å². The van der Waals surface area contributed by atoms with Gasteiger partial charge in [0.25, 0.3) is 0 Å². The topological polar surface area (TPSA) is 61.0 Å². The Bertz CT molecular complexity index is 314. The molecule has 1 fully saturated rings. The third-order valence-electron chi connectivity index (χ3n) is 2.06. The molecular weight excluding hydrogens is 281 g/mol. The molecular formula is C8H10IN3O. The Kier molecular flexibility index (Phi) is 2.52. The van der Waals surface area contributed by atoms with Crippen LogP contribution >= 0.6 is 22.6 Å². The van der Waals surface area contributed by atoms with Gasteiger partial charge in [0, 0.05) is 6.20 Å². The van der Waals surface area contributed by atoms with Gasteiger partial charge in [0.1, 0.15) is 6.10 Å². The van der Waals surface area contributed by atoms with E-state index in [4.69, 9.17) is 10.5 Å². The highest BCUT2D eigenvalue weighted by molar-refractivity contribution is 14.1. The first-order valence-electron chi connectivity index (χ1n) is 4.20. The van der Waals surface area contributed by atoms with E-state index >= 15 is 0 Å². The third-order valence-corrected chi connectivity index (χ3v) is 2.80. The van der Waals surface area contributed by atoms with Crippen LogP contribution in [0.2, 0.25) is 0 Å². The molecule has 1 aromatic rings. The maximum atomic E-state index is 5.62. The van der Waals surface area contributed by atoms with Gasteiger partial charge in [-0.3, -0.25) is 0 Å². The number of nitrogens with zero attached hydrogens (tertiary/aromatic N) is 2. The van der Waals surface area contributed by atoms with Crippen LogP contribution in [0.4, 0.5) is 5.95 Å². The maximum absolute atomic E-state index is 5.62. The average Bonchev–Trinajstić information content (AvgIpc) is 2.03. The number of anilines is 1. The standard InChI is InChI=1S/C8H10IN3O/c9-6-4-11-8(10)12-7(6)13-5-2-1-3-5/h4-5H,1-3H2,(H2,10,11,12). The molecule has 2 N–H and O–H groups in total. The monoisotopic (exact) mass is 291 g/mol. The van der Waals surface area contributed by atoms with Gasteiger partial charge in [-0.2, -0.15) is 4.98 Å². The number of nitrogen functional groups attached to an aromatic ring is 1. The zero-order valence-electron chi connectivity index (χ0n) is 7.03. The lowest BCUT2D eigenvalue weighted by atomic mass is 9.96. The van der Waals surface area contributed by atoms with Crippen molar-refractivity contribution in [3.05, 3.63) is 9.77 Å². The lowest BCUT2D eigenvalue weighted by molar-refractivity contribution is 0.113. The third kappa shape index (κ3) is 2.01. The molecule has 0 bridgehead atoms. The second-order valence-corrected chi connectivity index (χ2v) is 4.21. The number of hydrogen-bond acceptors (Lipinski definition) is 4. The summed E-state index contributed by atoms with van der Waals surface area (Å²) < 4.78 is 6.54. The Labute approximate surface area is 90.0 Å². The van der Waals surface area contributed by atoms with Crippen molar-refractivity contribution < 1.29 is 4.74 Å².